The summed E-state index contributed by atoms with van der Waals surface area (Å²) in [6, 6.07) is 22.5. The van der Waals surface area contributed by atoms with Gasteiger partial charge in [-0.15, -0.1) is 0 Å². The Hall–Kier alpha value is -4.13. The van der Waals surface area contributed by atoms with Gasteiger partial charge in [0, 0.05) is 29.8 Å². The summed E-state index contributed by atoms with van der Waals surface area (Å²) in [6.45, 7) is 2.39. The predicted molar refractivity (Wildman–Crippen MR) is 131 cm³/mol. The van der Waals surface area contributed by atoms with Gasteiger partial charge in [-0.3, -0.25) is 14.9 Å². The summed E-state index contributed by atoms with van der Waals surface area (Å²) in [7, 11) is 0. The molecule has 7 nitrogen and oxygen atoms in total. The minimum atomic E-state index is -0.879. The maximum Gasteiger partial charge on any atom is 0.411 e. The number of fused-ring (bicyclic) bond motifs is 3. The molecule has 7 heteroatoms. The van der Waals surface area contributed by atoms with Gasteiger partial charge in [-0.25, -0.2) is 4.79 Å². The second kappa shape index (κ2) is 9.25. The molecule has 0 bridgehead atoms. The second-order valence-electron chi connectivity index (χ2n) is 9.00. The van der Waals surface area contributed by atoms with Crippen LogP contribution in [0.1, 0.15) is 40.7 Å². The van der Waals surface area contributed by atoms with Gasteiger partial charge in [0.1, 0.15) is 6.61 Å². The fraction of sp³-hybridized carbons (Fsp3) is 0.250. The van der Waals surface area contributed by atoms with E-state index in [0.717, 1.165) is 11.1 Å². The van der Waals surface area contributed by atoms with Crippen molar-refractivity contribution < 1.29 is 24.2 Å². The van der Waals surface area contributed by atoms with Gasteiger partial charge in [0.15, 0.2) is 0 Å². The largest absolute Gasteiger partial charge is 0.481 e. The maximum absolute atomic E-state index is 12.8. The zero-order chi connectivity index (χ0) is 24.5. The highest BCUT2D eigenvalue weighted by Crippen LogP contribution is 2.44. The van der Waals surface area contributed by atoms with Gasteiger partial charge in [-0.05, 0) is 59.9 Å². The van der Waals surface area contributed by atoms with Gasteiger partial charge in [0.05, 0.1) is 5.92 Å². The molecule has 0 saturated carbocycles. The van der Waals surface area contributed by atoms with Crippen LogP contribution in [0.3, 0.4) is 0 Å². The van der Waals surface area contributed by atoms with Gasteiger partial charge >= 0.3 is 12.1 Å². The van der Waals surface area contributed by atoms with Crippen LogP contribution in [0, 0.1) is 5.92 Å². The molecule has 2 atom stereocenters. The normalized spacial score (nSPS) is 18.6. The monoisotopic (exact) mass is 470 g/mol. The molecule has 1 aliphatic carbocycles. The summed E-state index contributed by atoms with van der Waals surface area (Å²) in [5.41, 5.74) is 5.58. The fourth-order valence-electron chi connectivity index (χ4n) is 5.17. The van der Waals surface area contributed by atoms with Crippen molar-refractivity contribution in [1.82, 2.24) is 4.90 Å². The zero-order valence-corrected chi connectivity index (χ0v) is 19.3. The van der Waals surface area contributed by atoms with E-state index in [1.807, 2.05) is 24.3 Å². The van der Waals surface area contributed by atoms with Crippen LogP contribution in [-0.2, 0) is 9.53 Å². The molecule has 1 aliphatic heterocycles. The lowest BCUT2D eigenvalue weighted by atomic mass is 9.98. The molecular weight excluding hydrogens is 444 g/mol. The van der Waals surface area contributed by atoms with Crippen molar-refractivity contribution >= 4 is 23.7 Å². The highest BCUT2D eigenvalue weighted by molar-refractivity contribution is 5.96. The molecule has 3 aromatic rings. The first-order chi connectivity index (χ1) is 16.9. The Labute approximate surface area is 203 Å². The maximum atomic E-state index is 12.8. The summed E-state index contributed by atoms with van der Waals surface area (Å²) in [6.07, 6.45) is -0.118. The van der Waals surface area contributed by atoms with Crippen molar-refractivity contribution in [2.45, 2.75) is 25.3 Å². The summed E-state index contributed by atoms with van der Waals surface area (Å²) in [5.74, 6) is -1.66. The van der Waals surface area contributed by atoms with Crippen molar-refractivity contribution in [2.24, 2.45) is 5.92 Å². The van der Waals surface area contributed by atoms with Crippen LogP contribution in [0.25, 0.3) is 11.1 Å². The molecule has 2 aliphatic rings. The van der Waals surface area contributed by atoms with E-state index in [9.17, 15) is 19.5 Å². The van der Waals surface area contributed by atoms with Crippen LogP contribution in [0.5, 0.6) is 0 Å². The van der Waals surface area contributed by atoms with Crippen molar-refractivity contribution in [1.29, 1.82) is 0 Å². The lowest BCUT2D eigenvalue weighted by Crippen LogP contribution is -2.37. The summed E-state index contributed by atoms with van der Waals surface area (Å²) in [5, 5.41) is 12.0. The molecule has 0 spiro atoms. The Kier molecular flexibility index (Phi) is 5.99. The van der Waals surface area contributed by atoms with Crippen LogP contribution < -0.4 is 5.32 Å². The van der Waals surface area contributed by atoms with E-state index in [1.54, 1.807) is 36.1 Å². The number of carbonyl (C=O) groups is 3. The van der Waals surface area contributed by atoms with Crippen molar-refractivity contribution in [3.05, 3.63) is 89.5 Å². The molecular formula is C28H26N2O5. The first-order valence-corrected chi connectivity index (χ1v) is 11.7. The van der Waals surface area contributed by atoms with E-state index < -0.39 is 18.0 Å². The first kappa shape index (κ1) is 22.7. The predicted octanol–water partition coefficient (Wildman–Crippen LogP) is 4.98. The van der Waals surface area contributed by atoms with Gasteiger partial charge in [-0.2, -0.15) is 0 Å². The molecule has 178 valence electrons. The number of likely N-dealkylation sites (tertiary alicyclic amines) is 1. The molecule has 1 heterocycles. The number of ether oxygens (including phenoxy) is 1. The molecule has 35 heavy (non-hydrogen) atoms. The third-order valence-electron chi connectivity index (χ3n) is 7.05. The number of carboxylic acid groups (broad SMARTS) is 1. The van der Waals surface area contributed by atoms with Gasteiger partial charge in [0.25, 0.3) is 5.91 Å². The lowest BCUT2D eigenvalue weighted by Gasteiger charge is -2.23. The Balaban J connectivity index is 1.20. The summed E-state index contributed by atoms with van der Waals surface area (Å²) in [4.78, 5) is 38.3. The molecule has 0 aromatic heterocycles. The average molecular weight is 471 g/mol. The first-order valence-electron chi connectivity index (χ1n) is 11.7. The van der Waals surface area contributed by atoms with Gasteiger partial charge < -0.3 is 14.7 Å². The Morgan fingerprint density at radius 3 is 2.11 bits per heavy atom. The quantitative estimate of drug-likeness (QED) is 0.548. The number of nitrogens with one attached hydrogen (secondary N) is 1. The topological polar surface area (TPSA) is 95.9 Å². The number of anilines is 1. The highest BCUT2D eigenvalue weighted by atomic mass is 16.5. The van der Waals surface area contributed by atoms with Crippen molar-refractivity contribution in [3.8, 4) is 11.1 Å². The van der Waals surface area contributed by atoms with Crippen LogP contribution in [0.4, 0.5) is 10.5 Å². The Morgan fingerprint density at radius 1 is 0.943 bits per heavy atom. The molecule has 2 unspecified atom stereocenters. The Bertz CT molecular complexity index is 1240. The van der Waals surface area contributed by atoms with Crippen LogP contribution in [-0.4, -0.2) is 47.2 Å². The number of rotatable bonds is 5. The van der Waals surface area contributed by atoms with E-state index in [-0.39, 0.29) is 24.5 Å². The molecule has 1 saturated heterocycles. The molecule has 2 amide bonds. The minimum Gasteiger partial charge on any atom is -0.481 e. The Morgan fingerprint density at radius 2 is 1.54 bits per heavy atom. The van der Waals surface area contributed by atoms with E-state index in [2.05, 4.69) is 29.6 Å². The second-order valence-corrected chi connectivity index (χ2v) is 9.00. The van der Waals surface area contributed by atoms with E-state index in [1.165, 1.54) is 11.1 Å². The minimum absolute atomic E-state index is 0.0229. The third kappa shape index (κ3) is 4.25. The fourth-order valence-corrected chi connectivity index (χ4v) is 5.17. The zero-order valence-electron chi connectivity index (χ0n) is 19.3. The SMILES string of the molecule is CC1C(C(=O)O)CCN1C(=O)c1ccc(NC(=O)OCC2c3ccccc3-c3ccccc32)cc1. The van der Waals surface area contributed by atoms with Crippen LogP contribution in [0.2, 0.25) is 0 Å². The lowest BCUT2D eigenvalue weighted by molar-refractivity contribution is -0.142. The standard InChI is InChI=1S/C28H26N2O5/c1-17-20(27(32)33)14-15-30(17)26(31)18-10-12-19(13-11-18)29-28(34)35-16-25-23-8-4-2-6-21(23)22-7-3-5-9-24(22)25/h2-13,17,20,25H,14-16H2,1H3,(H,29,34)(H,32,33). The van der Waals surface area contributed by atoms with Gasteiger partial charge in [0.2, 0.25) is 0 Å². The van der Waals surface area contributed by atoms with E-state index in [4.69, 9.17) is 4.74 Å². The molecule has 5 rings (SSSR count). The smallest absolute Gasteiger partial charge is 0.411 e. The number of aliphatic carboxylic acids is 1. The number of carboxylic acids is 1. The molecule has 2 N–H and O–H groups in total. The van der Waals surface area contributed by atoms with Gasteiger partial charge in [-0.1, -0.05) is 48.5 Å². The summed E-state index contributed by atoms with van der Waals surface area (Å²) < 4.78 is 5.57. The van der Waals surface area contributed by atoms with Crippen molar-refractivity contribution in [3.63, 3.8) is 0 Å². The number of hydrogen-bond donors (Lipinski definition) is 2. The number of carbonyl (C=O) groups excluding carboxylic acids is 2. The number of amides is 2. The third-order valence-corrected chi connectivity index (χ3v) is 7.05. The highest BCUT2D eigenvalue weighted by Gasteiger charge is 2.38. The molecule has 0 radical (unpaired) electrons. The van der Waals surface area contributed by atoms with E-state index in [0.29, 0.717) is 24.2 Å². The van der Waals surface area contributed by atoms with Crippen LogP contribution in [0.15, 0.2) is 72.8 Å². The summed E-state index contributed by atoms with van der Waals surface area (Å²) >= 11 is 0. The van der Waals surface area contributed by atoms with Crippen LogP contribution >= 0.6 is 0 Å². The van der Waals surface area contributed by atoms with E-state index >= 15 is 0 Å². The van der Waals surface area contributed by atoms with Crippen molar-refractivity contribution in [2.75, 3.05) is 18.5 Å². The number of benzene rings is 3. The average Bonchev–Trinajstić information content (AvgIpc) is 3.41. The molecule has 3 aromatic carbocycles. The number of nitrogens with zero attached hydrogens (tertiary/aromatic N) is 1. The number of hydrogen-bond acceptors (Lipinski definition) is 4. The molecule has 1 fully saturated rings.